The molecule has 1 aliphatic rings. The quantitative estimate of drug-likeness (QED) is 0.615. The van der Waals surface area contributed by atoms with Gasteiger partial charge in [-0.15, -0.1) is 0 Å². The van der Waals surface area contributed by atoms with Gasteiger partial charge in [-0.25, -0.2) is 9.97 Å². The first kappa shape index (κ1) is 14.8. The highest BCUT2D eigenvalue weighted by Gasteiger charge is 2.25. The normalized spacial score (nSPS) is 19.6. The van der Waals surface area contributed by atoms with Gasteiger partial charge in [0.15, 0.2) is 0 Å². The van der Waals surface area contributed by atoms with E-state index in [0.29, 0.717) is 5.15 Å². The third-order valence-corrected chi connectivity index (χ3v) is 4.23. The fourth-order valence-corrected chi connectivity index (χ4v) is 3.33. The molecule has 3 rings (SSSR count). The SMILES string of the molecule is Clc1cc(C2CCCCN2Cc2ccccc2)nc(Cl)n1. The molecule has 0 amide bonds. The van der Waals surface area contributed by atoms with Crippen molar-refractivity contribution in [3.05, 3.63) is 58.1 Å². The predicted molar refractivity (Wildman–Crippen MR) is 85.5 cm³/mol. The number of hydrogen-bond donors (Lipinski definition) is 0. The zero-order valence-corrected chi connectivity index (χ0v) is 13.2. The average Bonchev–Trinajstić information content (AvgIpc) is 2.48. The lowest BCUT2D eigenvalue weighted by atomic mass is 9.98. The summed E-state index contributed by atoms with van der Waals surface area (Å²) in [6.45, 7) is 1.99. The minimum atomic E-state index is 0.225. The molecule has 0 N–H and O–H groups in total. The lowest BCUT2D eigenvalue weighted by molar-refractivity contribution is 0.137. The summed E-state index contributed by atoms with van der Waals surface area (Å²) in [5, 5.41) is 0.637. The molecule has 1 aromatic heterocycles. The second-order valence-corrected chi connectivity index (χ2v) is 6.08. The summed E-state index contributed by atoms with van der Waals surface area (Å²) in [4.78, 5) is 10.8. The molecule has 1 fully saturated rings. The number of benzene rings is 1. The largest absolute Gasteiger partial charge is 0.291 e. The lowest BCUT2D eigenvalue weighted by Gasteiger charge is -2.35. The van der Waals surface area contributed by atoms with Crippen LogP contribution >= 0.6 is 23.2 Å². The average molecular weight is 322 g/mol. The summed E-state index contributed by atoms with van der Waals surface area (Å²) in [6.07, 6.45) is 3.50. The maximum Gasteiger partial charge on any atom is 0.224 e. The zero-order chi connectivity index (χ0) is 14.7. The van der Waals surface area contributed by atoms with Crippen LogP contribution in [0, 0.1) is 0 Å². The van der Waals surface area contributed by atoms with Gasteiger partial charge < -0.3 is 0 Å². The zero-order valence-electron chi connectivity index (χ0n) is 11.7. The Bertz CT molecular complexity index is 583. The Balaban J connectivity index is 1.84. The standard InChI is InChI=1S/C16H17Cl2N3/c17-15-10-13(19-16(18)20-15)14-8-4-5-9-21(14)11-12-6-2-1-3-7-12/h1-3,6-7,10,14H,4-5,8-9,11H2. The Morgan fingerprint density at radius 3 is 2.67 bits per heavy atom. The first-order chi connectivity index (χ1) is 10.2. The summed E-state index contributed by atoms with van der Waals surface area (Å²) < 4.78 is 0. The van der Waals surface area contributed by atoms with E-state index < -0.39 is 0 Å². The molecule has 0 saturated carbocycles. The number of aromatic nitrogens is 2. The maximum absolute atomic E-state index is 6.02. The van der Waals surface area contributed by atoms with Gasteiger partial charge in [0.25, 0.3) is 0 Å². The highest BCUT2D eigenvalue weighted by molar-refractivity contribution is 6.31. The molecule has 0 radical (unpaired) electrons. The molecule has 2 heterocycles. The summed E-state index contributed by atoms with van der Waals surface area (Å²) in [5.41, 5.74) is 2.24. The molecular formula is C16H17Cl2N3. The second-order valence-electron chi connectivity index (χ2n) is 5.35. The van der Waals surface area contributed by atoms with Crippen LogP contribution in [0.4, 0.5) is 0 Å². The number of piperidine rings is 1. The van der Waals surface area contributed by atoms with Gasteiger partial charge in [0.05, 0.1) is 11.7 Å². The highest BCUT2D eigenvalue weighted by Crippen LogP contribution is 2.32. The fourth-order valence-electron chi connectivity index (χ4n) is 2.91. The Hall–Kier alpha value is -1.16. The Kier molecular flexibility index (Phi) is 4.73. The van der Waals surface area contributed by atoms with Crippen molar-refractivity contribution in [2.75, 3.05) is 6.54 Å². The van der Waals surface area contributed by atoms with Crippen molar-refractivity contribution in [2.24, 2.45) is 0 Å². The van der Waals surface area contributed by atoms with Crippen LogP contribution in [0.3, 0.4) is 0 Å². The van der Waals surface area contributed by atoms with E-state index in [9.17, 15) is 0 Å². The van der Waals surface area contributed by atoms with Crippen molar-refractivity contribution in [3.8, 4) is 0 Å². The molecule has 3 nitrogen and oxygen atoms in total. The highest BCUT2D eigenvalue weighted by atomic mass is 35.5. The molecule has 1 aliphatic heterocycles. The minimum Gasteiger partial charge on any atom is -0.291 e. The van der Waals surface area contributed by atoms with E-state index in [1.165, 1.54) is 18.4 Å². The summed E-state index contributed by atoms with van der Waals surface area (Å²) in [5.74, 6) is 0. The number of hydrogen-bond acceptors (Lipinski definition) is 3. The third kappa shape index (κ3) is 3.73. The molecule has 1 saturated heterocycles. The van der Waals surface area contributed by atoms with Crippen molar-refractivity contribution in [3.63, 3.8) is 0 Å². The van der Waals surface area contributed by atoms with E-state index in [1.54, 1.807) is 0 Å². The van der Waals surface area contributed by atoms with Gasteiger partial charge in [-0.2, -0.15) is 0 Å². The number of rotatable bonds is 3. The van der Waals surface area contributed by atoms with Gasteiger partial charge in [-0.3, -0.25) is 4.90 Å². The van der Waals surface area contributed by atoms with Crippen LogP contribution in [0.1, 0.15) is 36.6 Å². The van der Waals surface area contributed by atoms with Gasteiger partial charge in [0.1, 0.15) is 5.15 Å². The number of nitrogens with zero attached hydrogens (tertiary/aromatic N) is 3. The summed E-state index contributed by atoms with van der Waals surface area (Å²) in [6, 6.07) is 12.6. The number of likely N-dealkylation sites (tertiary alicyclic amines) is 1. The van der Waals surface area contributed by atoms with Crippen molar-refractivity contribution >= 4 is 23.2 Å². The van der Waals surface area contributed by atoms with E-state index >= 15 is 0 Å². The molecular weight excluding hydrogens is 305 g/mol. The molecule has 2 aromatic rings. The van der Waals surface area contributed by atoms with Crippen LogP contribution in [0.25, 0.3) is 0 Å². The Labute approximate surface area is 134 Å². The molecule has 0 bridgehead atoms. The Morgan fingerprint density at radius 2 is 1.90 bits per heavy atom. The van der Waals surface area contributed by atoms with Crippen LogP contribution in [-0.4, -0.2) is 21.4 Å². The topological polar surface area (TPSA) is 29.0 Å². The van der Waals surface area contributed by atoms with E-state index in [2.05, 4.69) is 39.1 Å². The van der Waals surface area contributed by atoms with Crippen molar-refractivity contribution < 1.29 is 0 Å². The first-order valence-electron chi connectivity index (χ1n) is 7.20. The summed E-state index contributed by atoms with van der Waals surface area (Å²) >= 11 is 12.0. The van der Waals surface area contributed by atoms with E-state index in [0.717, 1.165) is 25.2 Å². The van der Waals surface area contributed by atoms with Gasteiger partial charge >= 0.3 is 0 Å². The molecule has 5 heteroatoms. The molecule has 110 valence electrons. The smallest absolute Gasteiger partial charge is 0.224 e. The summed E-state index contributed by atoms with van der Waals surface area (Å²) in [7, 11) is 0. The monoisotopic (exact) mass is 321 g/mol. The lowest BCUT2D eigenvalue weighted by Crippen LogP contribution is -2.33. The number of halogens is 2. The van der Waals surface area contributed by atoms with Gasteiger partial charge in [0.2, 0.25) is 5.28 Å². The van der Waals surface area contributed by atoms with Crippen LogP contribution in [0.15, 0.2) is 36.4 Å². The van der Waals surface area contributed by atoms with E-state index in [4.69, 9.17) is 23.2 Å². The van der Waals surface area contributed by atoms with Crippen LogP contribution in [-0.2, 0) is 6.54 Å². The molecule has 1 aromatic carbocycles. The first-order valence-corrected chi connectivity index (χ1v) is 7.96. The van der Waals surface area contributed by atoms with Crippen LogP contribution < -0.4 is 0 Å². The minimum absolute atomic E-state index is 0.225. The van der Waals surface area contributed by atoms with Gasteiger partial charge in [0, 0.05) is 6.54 Å². The predicted octanol–water partition coefficient (Wildman–Crippen LogP) is 4.51. The maximum atomic E-state index is 6.02. The molecule has 1 atom stereocenters. The molecule has 0 spiro atoms. The van der Waals surface area contributed by atoms with Crippen molar-refractivity contribution in [1.29, 1.82) is 0 Å². The van der Waals surface area contributed by atoms with Gasteiger partial charge in [-0.05, 0) is 42.6 Å². The fraction of sp³-hybridized carbons (Fsp3) is 0.375. The van der Waals surface area contributed by atoms with Gasteiger partial charge in [-0.1, -0.05) is 48.4 Å². The van der Waals surface area contributed by atoms with Crippen LogP contribution in [0.2, 0.25) is 10.4 Å². The van der Waals surface area contributed by atoms with Crippen LogP contribution in [0.5, 0.6) is 0 Å². The van der Waals surface area contributed by atoms with Crippen molar-refractivity contribution in [1.82, 2.24) is 14.9 Å². The molecule has 1 unspecified atom stereocenters. The molecule has 0 aliphatic carbocycles. The van der Waals surface area contributed by atoms with Crippen molar-refractivity contribution in [2.45, 2.75) is 31.8 Å². The molecule has 21 heavy (non-hydrogen) atoms. The third-order valence-electron chi connectivity index (χ3n) is 3.87. The van der Waals surface area contributed by atoms with E-state index in [1.807, 2.05) is 12.1 Å². The van der Waals surface area contributed by atoms with E-state index in [-0.39, 0.29) is 11.3 Å². The second kappa shape index (κ2) is 6.73. The Morgan fingerprint density at radius 1 is 1.10 bits per heavy atom.